The molecule has 0 bridgehead atoms. The number of nitrogens with zero attached hydrogens (tertiary/aromatic N) is 1. The van der Waals surface area contributed by atoms with Gasteiger partial charge in [-0.2, -0.15) is 0 Å². The smallest absolute Gasteiger partial charge is 0.282 e. The Morgan fingerprint density at radius 2 is 1.76 bits per heavy atom. The molecule has 0 radical (unpaired) electrons. The zero-order valence-electron chi connectivity index (χ0n) is 10.7. The Morgan fingerprint density at radius 1 is 1.14 bits per heavy atom. The second-order valence-corrected chi connectivity index (χ2v) is 4.09. The number of nitro benzene ring substituents is 1. The van der Waals surface area contributed by atoms with E-state index in [1.165, 1.54) is 42.5 Å². The number of nitrogens with two attached hydrogens (primary N) is 1. The lowest BCUT2D eigenvalue weighted by Crippen LogP contribution is -2.15. The van der Waals surface area contributed by atoms with Crippen LogP contribution < -0.4 is 16.6 Å². The number of hydrogen-bond donors (Lipinski definition) is 3. The van der Waals surface area contributed by atoms with Gasteiger partial charge in [-0.25, -0.2) is 4.39 Å². The van der Waals surface area contributed by atoms with Crippen LogP contribution in [0.25, 0.3) is 0 Å². The largest absolute Gasteiger partial charge is 0.324 e. The van der Waals surface area contributed by atoms with Crippen molar-refractivity contribution in [2.45, 2.75) is 0 Å². The number of rotatable bonds is 4. The number of halogens is 1. The van der Waals surface area contributed by atoms with Crippen molar-refractivity contribution in [1.82, 2.24) is 0 Å². The normalized spacial score (nSPS) is 10.0. The molecular weight excluding hydrogens is 279 g/mol. The molecule has 0 aliphatic heterocycles. The SMILES string of the molecule is NNc1ccc([N+](=O)[O-])c(C(=O)Nc2ccc(F)cc2)c1. The molecule has 0 saturated carbocycles. The maximum absolute atomic E-state index is 12.8. The van der Waals surface area contributed by atoms with E-state index in [0.717, 1.165) is 0 Å². The summed E-state index contributed by atoms with van der Waals surface area (Å²) in [6, 6.07) is 8.86. The second-order valence-electron chi connectivity index (χ2n) is 4.09. The lowest BCUT2D eigenvalue weighted by Gasteiger charge is -2.07. The van der Waals surface area contributed by atoms with E-state index in [1.807, 2.05) is 0 Å². The lowest BCUT2D eigenvalue weighted by atomic mass is 10.1. The van der Waals surface area contributed by atoms with Crippen molar-refractivity contribution in [1.29, 1.82) is 0 Å². The molecule has 0 aliphatic carbocycles. The summed E-state index contributed by atoms with van der Waals surface area (Å²) in [5.41, 5.74) is 2.47. The van der Waals surface area contributed by atoms with E-state index in [0.29, 0.717) is 11.4 Å². The molecule has 2 aromatic rings. The summed E-state index contributed by atoms with van der Waals surface area (Å²) in [4.78, 5) is 22.4. The average molecular weight is 290 g/mol. The first-order valence-electron chi connectivity index (χ1n) is 5.83. The van der Waals surface area contributed by atoms with E-state index in [4.69, 9.17) is 5.84 Å². The lowest BCUT2D eigenvalue weighted by molar-refractivity contribution is -0.385. The van der Waals surface area contributed by atoms with E-state index in [1.54, 1.807) is 0 Å². The van der Waals surface area contributed by atoms with Crippen molar-refractivity contribution < 1.29 is 14.1 Å². The molecule has 21 heavy (non-hydrogen) atoms. The van der Waals surface area contributed by atoms with Crippen molar-refractivity contribution in [2.75, 3.05) is 10.7 Å². The Balaban J connectivity index is 2.33. The summed E-state index contributed by atoms with van der Waals surface area (Å²) in [5.74, 6) is 4.08. The van der Waals surface area contributed by atoms with Crippen LogP contribution in [-0.2, 0) is 0 Å². The minimum absolute atomic E-state index is 0.153. The van der Waals surface area contributed by atoms with Crippen LogP contribution in [-0.4, -0.2) is 10.8 Å². The fourth-order valence-corrected chi connectivity index (χ4v) is 1.70. The van der Waals surface area contributed by atoms with Crippen molar-refractivity contribution in [3.05, 3.63) is 64.0 Å². The molecule has 0 heterocycles. The molecular formula is C13H11FN4O3. The zero-order valence-corrected chi connectivity index (χ0v) is 10.7. The van der Waals surface area contributed by atoms with Gasteiger partial charge in [0.1, 0.15) is 11.4 Å². The van der Waals surface area contributed by atoms with Gasteiger partial charge in [-0.15, -0.1) is 0 Å². The standard InChI is InChI=1S/C13H11FN4O3/c14-8-1-3-9(4-2-8)16-13(19)11-7-10(17-15)5-6-12(11)18(20)21/h1-7,17H,15H2,(H,16,19). The molecule has 1 amide bonds. The predicted molar refractivity (Wildman–Crippen MR) is 75.3 cm³/mol. The van der Waals surface area contributed by atoms with Crippen molar-refractivity contribution in [3.63, 3.8) is 0 Å². The highest BCUT2D eigenvalue weighted by Gasteiger charge is 2.20. The quantitative estimate of drug-likeness (QED) is 0.454. The fraction of sp³-hybridized carbons (Fsp3) is 0. The summed E-state index contributed by atoms with van der Waals surface area (Å²) in [5, 5.41) is 13.4. The molecule has 4 N–H and O–H groups in total. The Labute approximate surface area is 118 Å². The topological polar surface area (TPSA) is 110 Å². The monoisotopic (exact) mass is 290 g/mol. The third kappa shape index (κ3) is 3.31. The van der Waals surface area contributed by atoms with Crippen molar-refractivity contribution in [2.24, 2.45) is 5.84 Å². The number of carbonyl (C=O) groups excluding carboxylic acids is 1. The minimum Gasteiger partial charge on any atom is -0.324 e. The van der Waals surface area contributed by atoms with Gasteiger partial charge in [0.05, 0.1) is 4.92 Å². The molecule has 0 aromatic heterocycles. The summed E-state index contributed by atoms with van der Waals surface area (Å²) < 4.78 is 12.8. The van der Waals surface area contributed by atoms with Gasteiger partial charge in [0.2, 0.25) is 0 Å². The summed E-state index contributed by atoms with van der Waals surface area (Å²) in [6.45, 7) is 0. The molecule has 0 unspecified atom stereocenters. The number of nitrogens with one attached hydrogen (secondary N) is 2. The van der Waals surface area contributed by atoms with Gasteiger partial charge in [-0.3, -0.25) is 20.8 Å². The predicted octanol–water partition coefficient (Wildman–Crippen LogP) is 2.27. The van der Waals surface area contributed by atoms with Gasteiger partial charge in [-0.1, -0.05) is 0 Å². The highest BCUT2D eigenvalue weighted by Crippen LogP contribution is 2.23. The van der Waals surface area contributed by atoms with Gasteiger partial charge in [0.15, 0.2) is 0 Å². The number of benzene rings is 2. The van der Waals surface area contributed by atoms with E-state index < -0.39 is 16.6 Å². The number of amides is 1. The van der Waals surface area contributed by atoms with Crippen molar-refractivity contribution >= 4 is 23.0 Å². The third-order valence-electron chi connectivity index (χ3n) is 2.71. The molecule has 2 aromatic carbocycles. The molecule has 2 rings (SSSR count). The highest BCUT2D eigenvalue weighted by atomic mass is 19.1. The third-order valence-corrected chi connectivity index (χ3v) is 2.71. The maximum Gasteiger partial charge on any atom is 0.282 e. The molecule has 108 valence electrons. The maximum atomic E-state index is 12.8. The van der Waals surface area contributed by atoms with Crippen LogP contribution in [0.2, 0.25) is 0 Å². The molecule has 7 nitrogen and oxygen atoms in total. The Kier molecular flexibility index (Phi) is 4.10. The first-order chi connectivity index (χ1) is 10.0. The van der Waals surface area contributed by atoms with Gasteiger partial charge in [0, 0.05) is 17.4 Å². The fourth-order valence-electron chi connectivity index (χ4n) is 1.70. The van der Waals surface area contributed by atoms with E-state index in [9.17, 15) is 19.3 Å². The van der Waals surface area contributed by atoms with Crippen LogP contribution >= 0.6 is 0 Å². The van der Waals surface area contributed by atoms with E-state index in [-0.39, 0.29) is 11.3 Å². The molecule has 0 aliphatic rings. The van der Waals surface area contributed by atoms with Crippen LogP contribution in [0.3, 0.4) is 0 Å². The molecule has 0 saturated heterocycles. The van der Waals surface area contributed by atoms with Crippen LogP contribution in [0.4, 0.5) is 21.5 Å². The number of hydrogen-bond acceptors (Lipinski definition) is 5. The zero-order chi connectivity index (χ0) is 15.4. The van der Waals surface area contributed by atoms with Gasteiger partial charge in [-0.05, 0) is 36.4 Å². The minimum atomic E-state index is -0.689. The molecule has 0 fully saturated rings. The van der Waals surface area contributed by atoms with Gasteiger partial charge in [0.25, 0.3) is 11.6 Å². The molecule has 8 heteroatoms. The number of carbonyl (C=O) groups is 1. The number of nitrogen functional groups attached to an aromatic ring is 1. The number of anilines is 2. The number of nitro groups is 1. The van der Waals surface area contributed by atoms with Gasteiger partial charge >= 0.3 is 0 Å². The second kappa shape index (κ2) is 5.97. The number of hydrazine groups is 1. The van der Waals surface area contributed by atoms with Crippen LogP contribution in [0.15, 0.2) is 42.5 Å². The van der Waals surface area contributed by atoms with Crippen molar-refractivity contribution in [3.8, 4) is 0 Å². The van der Waals surface area contributed by atoms with Crippen LogP contribution in [0.5, 0.6) is 0 Å². The Morgan fingerprint density at radius 3 is 2.33 bits per heavy atom. The van der Waals surface area contributed by atoms with E-state index in [2.05, 4.69) is 10.7 Å². The average Bonchev–Trinajstić information content (AvgIpc) is 2.48. The van der Waals surface area contributed by atoms with Gasteiger partial charge < -0.3 is 10.7 Å². The molecule has 0 spiro atoms. The summed E-state index contributed by atoms with van der Waals surface area (Å²) >= 11 is 0. The Bertz CT molecular complexity index is 688. The van der Waals surface area contributed by atoms with E-state index >= 15 is 0 Å². The Hall–Kier alpha value is -3.00. The summed E-state index contributed by atoms with van der Waals surface area (Å²) in [7, 11) is 0. The highest BCUT2D eigenvalue weighted by molar-refractivity contribution is 6.07. The van der Waals surface area contributed by atoms with Crippen LogP contribution in [0, 0.1) is 15.9 Å². The molecule has 0 atom stereocenters. The summed E-state index contributed by atoms with van der Waals surface area (Å²) in [6.07, 6.45) is 0. The first-order valence-corrected chi connectivity index (χ1v) is 5.83. The first kappa shape index (κ1) is 14.4. The van der Waals surface area contributed by atoms with Crippen LogP contribution in [0.1, 0.15) is 10.4 Å².